The molecule has 5 nitrogen and oxygen atoms in total. The first-order chi connectivity index (χ1) is 13.0. The van der Waals surface area contributed by atoms with Crippen LogP contribution in [0.3, 0.4) is 0 Å². The lowest BCUT2D eigenvalue weighted by Gasteiger charge is -2.53. The van der Waals surface area contributed by atoms with Gasteiger partial charge in [0.15, 0.2) is 0 Å². The van der Waals surface area contributed by atoms with Crippen LogP contribution in [0.4, 0.5) is 4.39 Å². The van der Waals surface area contributed by atoms with Crippen molar-refractivity contribution < 1.29 is 18.7 Å². The van der Waals surface area contributed by atoms with Crippen molar-refractivity contribution in [3.05, 3.63) is 41.7 Å². The van der Waals surface area contributed by atoms with Gasteiger partial charge in [-0.2, -0.15) is 0 Å². The molecule has 1 aromatic rings. The molecular weight excluding hydrogens is 347 g/mol. The van der Waals surface area contributed by atoms with Crippen LogP contribution in [0.25, 0.3) is 0 Å². The van der Waals surface area contributed by atoms with Crippen LogP contribution in [-0.4, -0.2) is 38.3 Å². The summed E-state index contributed by atoms with van der Waals surface area (Å²) in [5.74, 6) is 0.653. The van der Waals surface area contributed by atoms with Crippen LogP contribution < -0.4 is 15.8 Å². The molecule has 0 spiro atoms. The van der Waals surface area contributed by atoms with Gasteiger partial charge in [0.1, 0.15) is 19.0 Å². The number of rotatable bonds is 8. The summed E-state index contributed by atoms with van der Waals surface area (Å²) in [6.07, 6.45) is 6.70. The molecule has 2 bridgehead atoms. The van der Waals surface area contributed by atoms with E-state index in [1.807, 2.05) is 12.1 Å². The second-order valence-corrected chi connectivity index (χ2v) is 7.71. The minimum atomic E-state index is -0.130. The topological polar surface area (TPSA) is 73.6 Å². The lowest BCUT2D eigenvalue weighted by Crippen LogP contribution is -2.50. The monoisotopic (exact) mass is 376 g/mol. The first-order valence-electron chi connectivity index (χ1n) is 9.61. The van der Waals surface area contributed by atoms with Crippen molar-refractivity contribution in [2.45, 2.75) is 49.5 Å². The highest BCUT2D eigenvalue weighted by Gasteiger charge is 2.50. The zero-order valence-electron chi connectivity index (χ0n) is 15.9. The van der Waals surface area contributed by atoms with Crippen molar-refractivity contribution in [3.8, 4) is 5.75 Å². The number of carbonyl (C=O) groups excluding carboxylic acids is 1. The molecule has 0 radical (unpaired) electrons. The highest BCUT2D eigenvalue weighted by atomic mass is 19.1. The molecule has 0 unspecified atom stereocenters. The summed E-state index contributed by atoms with van der Waals surface area (Å²) in [6.45, 7) is 0.470. The van der Waals surface area contributed by atoms with Gasteiger partial charge in [0.25, 0.3) is 0 Å². The van der Waals surface area contributed by atoms with Gasteiger partial charge in [-0.15, -0.1) is 0 Å². The fourth-order valence-electron chi connectivity index (χ4n) is 4.31. The fourth-order valence-corrected chi connectivity index (χ4v) is 4.31. The molecule has 27 heavy (non-hydrogen) atoms. The molecule has 3 saturated carbocycles. The molecule has 0 aliphatic heterocycles. The number of hydrogen-bond acceptors (Lipinski definition) is 4. The molecule has 1 aromatic carbocycles. The molecule has 0 heterocycles. The first kappa shape index (κ1) is 19.8. The minimum absolute atomic E-state index is 0.0669. The van der Waals surface area contributed by atoms with Crippen LogP contribution in [0.15, 0.2) is 36.2 Å². The zero-order chi connectivity index (χ0) is 19.3. The Hall–Kier alpha value is -1.92. The maximum Gasteiger partial charge on any atom is 0.245 e. The predicted molar refractivity (Wildman–Crippen MR) is 102 cm³/mol. The van der Waals surface area contributed by atoms with Gasteiger partial charge in [-0.1, -0.05) is 12.1 Å². The molecule has 1 amide bonds. The zero-order valence-corrected chi connectivity index (χ0v) is 15.9. The standard InChI is InChI=1S/C21H29FN2O3/c1-24-19(25)15-27-21-9-6-20(7-10-21,8-11-21)17-2-4-18(5-3-17)26-14-16(12-22)13-23/h2-5,12H,6-11,13-15,23H2,1H3,(H,24,25). The third-order valence-corrected chi connectivity index (χ3v) is 6.27. The van der Waals surface area contributed by atoms with E-state index in [0.29, 0.717) is 11.9 Å². The Morgan fingerprint density at radius 1 is 1.15 bits per heavy atom. The molecule has 0 aromatic heterocycles. The van der Waals surface area contributed by atoms with Crippen molar-refractivity contribution in [1.29, 1.82) is 0 Å². The van der Waals surface area contributed by atoms with Gasteiger partial charge in [0, 0.05) is 19.2 Å². The number of likely N-dealkylation sites (N-methyl/N-ethyl adjacent to an activating group) is 1. The maximum absolute atomic E-state index is 12.6. The van der Waals surface area contributed by atoms with Gasteiger partial charge in [0.2, 0.25) is 5.91 Å². The van der Waals surface area contributed by atoms with Crippen molar-refractivity contribution in [2.75, 3.05) is 26.8 Å². The van der Waals surface area contributed by atoms with Crippen molar-refractivity contribution in [2.24, 2.45) is 5.73 Å². The SMILES string of the molecule is CNC(=O)COC12CCC(c3ccc(OCC(=CF)CN)cc3)(CC1)CC2. The summed E-state index contributed by atoms with van der Waals surface area (Å²) in [5.41, 5.74) is 7.27. The van der Waals surface area contributed by atoms with E-state index in [9.17, 15) is 9.18 Å². The molecular formula is C21H29FN2O3. The van der Waals surface area contributed by atoms with E-state index in [-0.39, 0.29) is 36.7 Å². The van der Waals surface area contributed by atoms with E-state index in [0.717, 1.165) is 44.3 Å². The molecule has 0 saturated heterocycles. The lowest BCUT2D eigenvalue weighted by molar-refractivity contribution is -0.146. The van der Waals surface area contributed by atoms with E-state index in [4.69, 9.17) is 15.2 Å². The predicted octanol–water partition coefficient (Wildman–Crippen LogP) is 2.98. The molecule has 3 N–H and O–H groups in total. The highest BCUT2D eigenvalue weighted by molar-refractivity contribution is 5.76. The van der Waals surface area contributed by atoms with Crippen LogP contribution in [0, 0.1) is 0 Å². The Morgan fingerprint density at radius 3 is 2.30 bits per heavy atom. The van der Waals surface area contributed by atoms with Crippen molar-refractivity contribution >= 4 is 5.91 Å². The summed E-state index contributed by atoms with van der Waals surface area (Å²) < 4.78 is 24.2. The number of nitrogens with one attached hydrogen (secondary N) is 1. The van der Waals surface area contributed by atoms with E-state index in [1.54, 1.807) is 7.05 Å². The summed E-state index contributed by atoms with van der Waals surface area (Å²) >= 11 is 0. The molecule has 0 atom stereocenters. The summed E-state index contributed by atoms with van der Waals surface area (Å²) in [4.78, 5) is 11.5. The Kier molecular flexibility index (Phi) is 6.17. The van der Waals surface area contributed by atoms with Crippen LogP contribution >= 0.6 is 0 Å². The summed E-state index contributed by atoms with van der Waals surface area (Å²) in [6, 6.07) is 8.16. The van der Waals surface area contributed by atoms with Gasteiger partial charge in [0.05, 0.1) is 11.9 Å². The third kappa shape index (κ3) is 4.33. The van der Waals surface area contributed by atoms with Crippen LogP contribution in [0.1, 0.15) is 44.1 Å². The Labute approximate surface area is 160 Å². The largest absolute Gasteiger partial charge is 0.489 e. The highest BCUT2D eigenvalue weighted by Crippen LogP contribution is 2.55. The van der Waals surface area contributed by atoms with Gasteiger partial charge in [-0.25, -0.2) is 4.39 Å². The normalized spacial score (nSPS) is 27.4. The number of carbonyl (C=O) groups is 1. The minimum Gasteiger partial charge on any atom is -0.489 e. The van der Waals surface area contributed by atoms with E-state index in [2.05, 4.69) is 17.4 Å². The van der Waals surface area contributed by atoms with Crippen LogP contribution in [0.2, 0.25) is 0 Å². The van der Waals surface area contributed by atoms with E-state index in [1.165, 1.54) is 5.56 Å². The smallest absolute Gasteiger partial charge is 0.245 e. The van der Waals surface area contributed by atoms with Gasteiger partial charge in [-0.05, 0) is 61.6 Å². The van der Waals surface area contributed by atoms with E-state index >= 15 is 0 Å². The molecule has 4 rings (SSSR count). The molecule has 3 aliphatic carbocycles. The number of fused-ring (bicyclic) bond motifs is 3. The molecule has 6 heteroatoms. The maximum atomic E-state index is 12.6. The molecule has 3 aliphatic rings. The Morgan fingerprint density at radius 2 is 1.78 bits per heavy atom. The second kappa shape index (κ2) is 8.40. The average Bonchev–Trinajstić information content (AvgIpc) is 2.74. The number of ether oxygens (including phenoxy) is 2. The van der Waals surface area contributed by atoms with Gasteiger partial charge < -0.3 is 20.5 Å². The number of nitrogens with two attached hydrogens (primary N) is 1. The number of amides is 1. The van der Waals surface area contributed by atoms with Crippen molar-refractivity contribution in [3.63, 3.8) is 0 Å². The van der Waals surface area contributed by atoms with Gasteiger partial charge in [-0.3, -0.25) is 4.79 Å². The number of halogens is 1. The average molecular weight is 376 g/mol. The van der Waals surface area contributed by atoms with Gasteiger partial charge >= 0.3 is 0 Å². The third-order valence-electron chi connectivity index (χ3n) is 6.27. The van der Waals surface area contributed by atoms with Crippen LogP contribution in [0.5, 0.6) is 5.75 Å². The number of benzene rings is 1. The summed E-state index contributed by atoms with van der Waals surface area (Å²) in [5, 5.41) is 2.61. The van der Waals surface area contributed by atoms with E-state index < -0.39 is 0 Å². The lowest BCUT2D eigenvalue weighted by atomic mass is 9.56. The quantitative estimate of drug-likeness (QED) is 0.732. The summed E-state index contributed by atoms with van der Waals surface area (Å²) in [7, 11) is 1.63. The molecule has 148 valence electrons. The Balaban J connectivity index is 1.59. The molecule has 3 fully saturated rings. The van der Waals surface area contributed by atoms with Crippen molar-refractivity contribution in [1.82, 2.24) is 5.32 Å². The number of hydrogen-bond donors (Lipinski definition) is 2. The Bertz CT molecular complexity index is 663. The second-order valence-electron chi connectivity index (χ2n) is 7.71. The first-order valence-corrected chi connectivity index (χ1v) is 9.61. The fraction of sp³-hybridized carbons (Fsp3) is 0.571. The van der Waals surface area contributed by atoms with Crippen LogP contribution in [-0.2, 0) is 14.9 Å².